The van der Waals surface area contributed by atoms with Crippen LogP contribution in [0.3, 0.4) is 0 Å². The smallest absolute Gasteiger partial charge is 0.339 e. The molecule has 0 heterocycles. The number of hydrogen-bond acceptors (Lipinski definition) is 4. The lowest BCUT2D eigenvalue weighted by Gasteiger charge is -2.11. The van der Waals surface area contributed by atoms with E-state index in [-0.39, 0.29) is 11.9 Å². The van der Waals surface area contributed by atoms with E-state index in [1.165, 1.54) is 51.4 Å². The van der Waals surface area contributed by atoms with Crippen molar-refractivity contribution in [1.29, 1.82) is 0 Å². The van der Waals surface area contributed by atoms with E-state index in [2.05, 4.69) is 52.4 Å². The first-order valence-corrected chi connectivity index (χ1v) is 13.2. The fraction of sp³-hybridized carbons (Fsp3) is 0.667. The second kappa shape index (κ2) is 17.0. The summed E-state index contributed by atoms with van der Waals surface area (Å²) in [6.45, 7) is 5.25. The lowest BCUT2D eigenvalue weighted by atomic mass is 10.1. The Morgan fingerprint density at radius 3 is 1.67 bits per heavy atom. The van der Waals surface area contributed by atoms with Gasteiger partial charge in [-0.25, -0.2) is 9.59 Å². The Hall–Kier alpha value is -0.630. The number of esters is 2. The summed E-state index contributed by atoms with van der Waals surface area (Å²) in [7, 11) is 0. The van der Waals surface area contributed by atoms with Gasteiger partial charge < -0.3 is 9.47 Å². The van der Waals surface area contributed by atoms with Gasteiger partial charge in [0.25, 0.3) is 0 Å². The van der Waals surface area contributed by atoms with Crippen LogP contribution in [0.4, 0.5) is 0 Å². The quantitative estimate of drug-likeness (QED) is 0.110. The van der Waals surface area contributed by atoms with E-state index in [4.69, 9.17) is 9.47 Å². The van der Waals surface area contributed by atoms with Crippen LogP contribution in [-0.2, 0) is 9.47 Å². The topological polar surface area (TPSA) is 52.6 Å². The van der Waals surface area contributed by atoms with Crippen molar-refractivity contribution in [3.8, 4) is 0 Å². The summed E-state index contributed by atoms with van der Waals surface area (Å²) in [5, 5.41) is 0. The van der Waals surface area contributed by atoms with Crippen molar-refractivity contribution in [2.45, 2.75) is 90.9 Å². The van der Waals surface area contributed by atoms with Gasteiger partial charge in [0, 0.05) is 8.04 Å². The molecule has 0 amide bonds. The van der Waals surface area contributed by atoms with Gasteiger partial charge in [-0.05, 0) is 63.5 Å². The molecule has 0 bridgehead atoms. The monoisotopic (exact) mass is 594 g/mol. The Kier molecular flexibility index (Phi) is 15.5. The van der Waals surface area contributed by atoms with E-state index in [1.807, 2.05) is 0 Å². The maximum atomic E-state index is 12.4. The fourth-order valence-electron chi connectivity index (χ4n) is 3.11. The Bertz CT molecular complexity index is 593. The zero-order valence-electron chi connectivity index (χ0n) is 18.4. The van der Waals surface area contributed by atoms with Crippen molar-refractivity contribution in [1.82, 2.24) is 0 Å². The van der Waals surface area contributed by atoms with Crippen LogP contribution in [0.2, 0.25) is 0 Å². The molecule has 0 aliphatic rings. The molecular formula is C24H36BrIO4. The summed E-state index contributed by atoms with van der Waals surface area (Å²) in [5.74, 6) is -0.707. The first kappa shape index (κ1) is 27.4. The minimum atomic E-state index is -0.361. The molecule has 0 saturated heterocycles. The number of halogens is 2. The van der Waals surface area contributed by atoms with Gasteiger partial charge in [0.1, 0.15) is 0 Å². The second-order valence-corrected chi connectivity index (χ2v) is 9.64. The Morgan fingerprint density at radius 2 is 1.17 bits per heavy atom. The minimum absolute atomic E-state index is 0.347. The van der Waals surface area contributed by atoms with Crippen molar-refractivity contribution < 1.29 is 19.1 Å². The maximum absolute atomic E-state index is 12.4. The second-order valence-electron chi connectivity index (χ2n) is 7.62. The Labute approximate surface area is 204 Å². The van der Waals surface area contributed by atoms with Gasteiger partial charge in [0.15, 0.2) is 0 Å². The maximum Gasteiger partial charge on any atom is 0.339 e. The average molecular weight is 595 g/mol. The molecule has 0 aliphatic carbocycles. The van der Waals surface area contributed by atoms with E-state index in [9.17, 15) is 9.59 Å². The molecule has 4 nitrogen and oxygen atoms in total. The van der Waals surface area contributed by atoms with Crippen LogP contribution in [0.1, 0.15) is 112 Å². The number of ether oxygens (including phenoxy) is 2. The number of rotatable bonds is 16. The van der Waals surface area contributed by atoms with Gasteiger partial charge in [0.05, 0.1) is 24.3 Å². The number of carbonyl (C=O) groups is 2. The zero-order valence-corrected chi connectivity index (χ0v) is 22.2. The minimum Gasteiger partial charge on any atom is -0.462 e. The Morgan fingerprint density at radius 1 is 0.733 bits per heavy atom. The summed E-state index contributed by atoms with van der Waals surface area (Å²) < 4.78 is 12.1. The number of hydrogen-bond donors (Lipinski definition) is 0. The van der Waals surface area contributed by atoms with Crippen molar-refractivity contribution in [3.63, 3.8) is 0 Å². The van der Waals surface area contributed by atoms with E-state index in [1.54, 1.807) is 12.1 Å². The molecule has 1 rings (SSSR count). The third-order valence-electron chi connectivity index (χ3n) is 4.96. The standard InChI is InChI=1S/C24H36BrIO4/c1-3-5-7-9-11-13-15-29-23(27)19-18-22(26)20(17-21(19)25)24(28)30-16-14-12-10-8-6-4-2/h17-18H,3-16H2,1-2H3. The SMILES string of the molecule is CCCCCCCCOC(=O)c1cc(I)c(C(=O)OCCCCCCCC)cc1Br. The normalized spacial score (nSPS) is 10.8. The molecule has 0 aromatic heterocycles. The highest BCUT2D eigenvalue weighted by Gasteiger charge is 2.19. The summed E-state index contributed by atoms with van der Waals surface area (Å²) >= 11 is 5.48. The van der Waals surface area contributed by atoms with Crippen LogP contribution in [0, 0.1) is 3.57 Å². The molecule has 1 aromatic rings. The van der Waals surface area contributed by atoms with Gasteiger partial charge in [0.2, 0.25) is 0 Å². The predicted molar refractivity (Wildman–Crippen MR) is 134 cm³/mol. The summed E-state index contributed by atoms with van der Waals surface area (Å²) in [6, 6.07) is 3.35. The van der Waals surface area contributed by atoms with Crippen molar-refractivity contribution in [3.05, 3.63) is 31.3 Å². The number of benzene rings is 1. The molecule has 0 spiro atoms. The average Bonchev–Trinajstić information content (AvgIpc) is 2.73. The van der Waals surface area contributed by atoms with Gasteiger partial charge >= 0.3 is 11.9 Å². The Balaban J connectivity index is 2.44. The molecule has 0 radical (unpaired) electrons. The molecule has 0 fully saturated rings. The van der Waals surface area contributed by atoms with E-state index in [0.29, 0.717) is 32.4 Å². The van der Waals surface area contributed by atoms with Crippen LogP contribution in [0.5, 0.6) is 0 Å². The first-order valence-electron chi connectivity index (χ1n) is 11.3. The molecule has 6 heteroatoms. The van der Waals surface area contributed by atoms with Crippen molar-refractivity contribution in [2.24, 2.45) is 0 Å². The lowest BCUT2D eigenvalue weighted by molar-refractivity contribution is 0.0481. The highest BCUT2D eigenvalue weighted by atomic mass is 127. The van der Waals surface area contributed by atoms with Crippen LogP contribution >= 0.6 is 38.5 Å². The third kappa shape index (κ3) is 11.1. The van der Waals surface area contributed by atoms with Gasteiger partial charge in [-0.1, -0.05) is 78.1 Å². The predicted octanol–water partition coefficient (Wildman–Crippen LogP) is 8.09. The van der Waals surface area contributed by atoms with Crippen LogP contribution in [0.15, 0.2) is 16.6 Å². The molecule has 1 aromatic carbocycles. The van der Waals surface area contributed by atoms with E-state index >= 15 is 0 Å². The number of unbranched alkanes of at least 4 members (excludes halogenated alkanes) is 10. The number of carbonyl (C=O) groups excluding carboxylic acids is 2. The molecule has 0 atom stereocenters. The molecule has 0 aliphatic heterocycles. The van der Waals surface area contributed by atoms with Gasteiger partial charge in [-0.3, -0.25) is 0 Å². The fourth-order valence-corrected chi connectivity index (χ4v) is 4.30. The van der Waals surface area contributed by atoms with Crippen LogP contribution in [0.25, 0.3) is 0 Å². The van der Waals surface area contributed by atoms with Gasteiger partial charge in [-0.2, -0.15) is 0 Å². The molecule has 0 N–H and O–H groups in total. The largest absolute Gasteiger partial charge is 0.462 e. The molecular weight excluding hydrogens is 559 g/mol. The molecule has 0 saturated carbocycles. The zero-order chi connectivity index (χ0) is 22.2. The molecule has 170 valence electrons. The first-order chi connectivity index (χ1) is 14.5. The summed E-state index contributed by atoms with van der Waals surface area (Å²) in [4.78, 5) is 24.8. The van der Waals surface area contributed by atoms with Crippen molar-refractivity contribution in [2.75, 3.05) is 13.2 Å². The highest BCUT2D eigenvalue weighted by Crippen LogP contribution is 2.25. The summed E-state index contributed by atoms with van der Waals surface area (Å²) in [5.41, 5.74) is 0.916. The van der Waals surface area contributed by atoms with E-state index in [0.717, 1.165) is 25.7 Å². The van der Waals surface area contributed by atoms with Crippen LogP contribution < -0.4 is 0 Å². The lowest BCUT2D eigenvalue weighted by Crippen LogP contribution is -2.12. The van der Waals surface area contributed by atoms with Crippen LogP contribution in [-0.4, -0.2) is 25.2 Å². The molecule has 30 heavy (non-hydrogen) atoms. The molecule has 0 unspecified atom stereocenters. The van der Waals surface area contributed by atoms with Gasteiger partial charge in [-0.15, -0.1) is 0 Å². The van der Waals surface area contributed by atoms with E-state index < -0.39 is 0 Å². The van der Waals surface area contributed by atoms with Crippen molar-refractivity contribution >= 4 is 50.5 Å². The third-order valence-corrected chi connectivity index (χ3v) is 6.51. The highest BCUT2D eigenvalue weighted by molar-refractivity contribution is 14.1. The summed E-state index contributed by atoms with van der Waals surface area (Å²) in [6.07, 6.45) is 13.8.